The second kappa shape index (κ2) is 29.4. The van der Waals surface area contributed by atoms with Crippen molar-refractivity contribution in [1.82, 2.24) is 0 Å². The highest BCUT2D eigenvalue weighted by atomic mass is 16.8. The number of rotatable bonds is 25. The Morgan fingerprint density at radius 1 is 0.685 bits per heavy atom. The molecule has 21 nitrogen and oxygen atoms in total. The smallest absolute Gasteiger partial charge is 0.338 e. The fourth-order valence-corrected chi connectivity index (χ4v) is 8.53. The highest BCUT2D eigenvalue weighted by Crippen LogP contribution is 2.43. The first-order valence-corrected chi connectivity index (χ1v) is 24.6. The minimum atomic E-state index is -2.10. The van der Waals surface area contributed by atoms with Gasteiger partial charge in [0.2, 0.25) is 0 Å². The molecule has 0 unspecified atom stereocenters. The van der Waals surface area contributed by atoms with Crippen LogP contribution in [0.2, 0.25) is 0 Å². The Morgan fingerprint density at radius 2 is 1.36 bits per heavy atom. The highest BCUT2D eigenvalue weighted by molar-refractivity contribution is 5.89. The number of ether oxygens (including phenoxy) is 7. The van der Waals surface area contributed by atoms with E-state index in [0.717, 1.165) is 68.7 Å². The number of aromatic hydroxyl groups is 2. The third-order valence-electron chi connectivity index (χ3n) is 12.6. The minimum absolute atomic E-state index is 0.127. The zero-order valence-corrected chi connectivity index (χ0v) is 40.8. The quantitative estimate of drug-likeness (QED) is 0.0286. The highest BCUT2D eigenvalue weighted by Gasteiger charge is 2.55. The first kappa shape index (κ1) is 59.2. The van der Waals surface area contributed by atoms with Gasteiger partial charge < -0.3 is 94.4 Å². The molecule has 0 saturated carbocycles. The van der Waals surface area contributed by atoms with E-state index >= 15 is 0 Å². The van der Waals surface area contributed by atoms with Crippen molar-refractivity contribution in [3.05, 3.63) is 107 Å². The van der Waals surface area contributed by atoms with Crippen LogP contribution in [0.5, 0.6) is 11.5 Å². The second-order valence-electron chi connectivity index (χ2n) is 18.1. The number of esters is 2. The van der Waals surface area contributed by atoms with E-state index in [0.29, 0.717) is 0 Å². The number of aryl methyl sites for hydroxylation is 1. The van der Waals surface area contributed by atoms with E-state index in [9.17, 15) is 70.9 Å². The summed E-state index contributed by atoms with van der Waals surface area (Å²) in [5.74, 6) is -3.06. The molecule has 0 bridgehead atoms. The molecular weight excluding hydrogens is 961 g/mol. The zero-order chi connectivity index (χ0) is 53.2. The van der Waals surface area contributed by atoms with Crippen molar-refractivity contribution in [3.63, 3.8) is 0 Å². The molecule has 0 amide bonds. The average molecular weight is 1030 g/mol. The summed E-state index contributed by atoms with van der Waals surface area (Å²) in [4.78, 5) is 26.8. The standard InChI is InChI=1S/C52H72O21/c1-3-5-7-8-9-10-12-16-32(56)17-13-11-14-18-38(59)71-48-45(65)47(39-31(25-53)23-33(57)24-34(39)58)68-36(27-55)46(48)72-52-49(73-51-44(64)42(62)40(60)35(26-54)69-51)43(63)41(61)37(70-52)28-67-50(66)30-21-19-29(20-22-30)15-6-4-2/h9-14,16,18-24,32,35-37,40-49,51-58,60-65H,3-8,15,17,25-28H2,1-2H3/b10-9+,13-11+,16-12+,18-14+/t32-,35-,36-,37-,40+,41+,42+,43+,44-,45+,46-,47+,48-,49-,51+,52+/m1/s1. The first-order valence-electron chi connectivity index (χ1n) is 24.6. The van der Waals surface area contributed by atoms with Crippen molar-refractivity contribution in [2.75, 3.05) is 19.8 Å². The van der Waals surface area contributed by atoms with Crippen molar-refractivity contribution >= 4 is 11.9 Å². The molecule has 3 heterocycles. The Labute approximate surface area is 423 Å². The van der Waals surface area contributed by atoms with Crippen molar-refractivity contribution in [1.29, 1.82) is 0 Å². The van der Waals surface area contributed by atoms with Crippen LogP contribution in [-0.2, 0) is 51.0 Å². The molecule has 16 atom stereocenters. The monoisotopic (exact) mass is 1030 g/mol. The number of aliphatic hydroxyl groups excluding tert-OH is 10. The number of phenolic OH excluding ortho intramolecular Hbond substituents is 2. The lowest BCUT2D eigenvalue weighted by molar-refractivity contribution is -0.382. The van der Waals surface area contributed by atoms with Crippen LogP contribution in [0.15, 0.2) is 85.0 Å². The van der Waals surface area contributed by atoms with Crippen LogP contribution in [-0.4, -0.2) is 185 Å². The third-order valence-corrected chi connectivity index (χ3v) is 12.6. The molecule has 406 valence electrons. The molecule has 0 aliphatic carbocycles. The summed E-state index contributed by atoms with van der Waals surface area (Å²) in [6.07, 6.45) is -9.44. The van der Waals surface area contributed by atoms with Gasteiger partial charge in [-0.15, -0.1) is 0 Å². The number of phenols is 2. The van der Waals surface area contributed by atoms with E-state index < -0.39 is 148 Å². The molecule has 5 rings (SSSR count). The Hall–Kier alpha value is -4.66. The number of carbonyl (C=O) groups excluding carboxylic acids is 2. The summed E-state index contributed by atoms with van der Waals surface area (Å²) in [7, 11) is 0. The van der Waals surface area contributed by atoms with Crippen LogP contribution >= 0.6 is 0 Å². The van der Waals surface area contributed by atoms with Gasteiger partial charge >= 0.3 is 11.9 Å². The van der Waals surface area contributed by atoms with Gasteiger partial charge in [-0.3, -0.25) is 0 Å². The van der Waals surface area contributed by atoms with Gasteiger partial charge in [0.1, 0.15) is 91.4 Å². The molecule has 3 aliphatic heterocycles. The van der Waals surface area contributed by atoms with Crippen molar-refractivity contribution < 1.29 is 104 Å². The Morgan fingerprint density at radius 3 is 2.04 bits per heavy atom. The summed E-state index contributed by atoms with van der Waals surface area (Å²) in [5, 5.41) is 130. The van der Waals surface area contributed by atoms with Gasteiger partial charge in [0.15, 0.2) is 18.7 Å². The van der Waals surface area contributed by atoms with E-state index in [1.165, 1.54) is 12.2 Å². The van der Waals surface area contributed by atoms with E-state index in [4.69, 9.17) is 33.2 Å². The number of aliphatic hydroxyl groups is 10. The first-order chi connectivity index (χ1) is 35.1. The molecule has 12 N–H and O–H groups in total. The predicted molar refractivity (Wildman–Crippen MR) is 257 cm³/mol. The summed E-state index contributed by atoms with van der Waals surface area (Å²) >= 11 is 0. The number of benzene rings is 2. The van der Waals surface area contributed by atoms with E-state index in [1.54, 1.807) is 42.5 Å². The van der Waals surface area contributed by atoms with Crippen molar-refractivity contribution in [2.45, 2.75) is 170 Å². The Bertz CT molecular complexity index is 2130. The SMILES string of the molecule is CCCCC/C=C/C=C/[C@@H](O)C/C=C/C=C/C(=O)O[C@@H]1[C@@H](O)[C@H](c2c(O)cc(O)cc2CO)O[C@H](CO)[C@H]1O[C@@H]1O[C@H](COC(=O)c2ccc(CCCC)cc2)[C@H](O)[C@H](O)[C@H]1O[C@@H]1O[C@H](CO)[C@H](O)[C@H](O)[C@H]1O. The Balaban J connectivity index is 1.45. The Kier molecular flexibility index (Phi) is 23.9. The van der Waals surface area contributed by atoms with Gasteiger partial charge in [-0.05, 0) is 61.4 Å². The van der Waals surface area contributed by atoms with Crippen LogP contribution in [0.4, 0.5) is 0 Å². The van der Waals surface area contributed by atoms with E-state index in [2.05, 4.69) is 6.92 Å². The van der Waals surface area contributed by atoms with Crippen LogP contribution < -0.4 is 0 Å². The molecule has 0 radical (unpaired) electrons. The van der Waals surface area contributed by atoms with Gasteiger partial charge in [0, 0.05) is 17.7 Å². The fourth-order valence-electron chi connectivity index (χ4n) is 8.53. The molecule has 2 aromatic rings. The summed E-state index contributed by atoms with van der Waals surface area (Å²) < 4.78 is 41.1. The zero-order valence-electron chi connectivity index (χ0n) is 40.8. The van der Waals surface area contributed by atoms with Crippen LogP contribution in [0.1, 0.15) is 91.9 Å². The van der Waals surface area contributed by atoms with Gasteiger partial charge in [-0.2, -0.15) is 0 Å². The number of carbonyl (C=O) groups is 2. The van der Waals surface area contributed by atoms with Gasteiger partial charge in [-0.1, -0.05) is 87.8 Å². The maximum atomic E-state index is 13.6. The average Bonchev–Trinajstić information content (AvgIpc) is 3.38. The number of allylic oxidation sites excluding steroid dienone is 5. The summed E-state index contributed by atoms with van der Waals surface area (Å²) in [5.41, 5.74) is 0.751. The topological polar surface area (TPSA) is 342 Å². The maximum absolute atomic E-state index is 13.6. The molecule has 3 aliphatic rings. The number of hydrogen-bond acceptors (Lipinski definition) is 21. The lowest BCUT2D eigenvalue weighted by Gasteiger charge is -2.49. The van der Waals surface area contributed by atoms with Crippen molar-refractivity contribution in [3.8, 4) is 11.5 Å². The van der Waals surface area contributed by atoms with Crippen LogP contribution in [0.3, 0.4) is 0 Å². The molecule has 21 heteroatoms. The number of hydrogen-bond donors (Lipinski definition) is 12. The van der Waals surface area contributed by atoms with Gasteiger partial charge in [0.25, 0.3) is 0 Å². The van der Waals surface area contributed by atoms with E-state index in [1.807, 2.05) is 19.1 Å². The predicted octanol–water partition coefficient (Wildman–Crippen LogP) is 1.07. The summed E-state index contributed by atoms with van der Waals surface area (Å²) in [6.45, 7) is 0.803. The van der Waals surface area contributed by atoms with E-state index in [-0.39, 0.29) is 23.1 Å². The molecule has 73 heavy (non-hydrogen) atoms. The third kappa shape index (κ3) is 16.2. The molecule has 2 aromatic carbocycles. The molecular formula is C52H72O21. The minimum Gasteiger partial charge on any atom is -0.508 e. The lowest BCUT2D eigenvalue weighted by Crippen LogP contribution is -2.66. The lowest BCUT2D eigenvalue weighted by atomic mass is 9.88. The van der Waals surface area contributed by atoms with Gasteiger partial charge in [-0.25, -0.2) is 9.59 Å². The second-order valence-corrected chi connectivity index (χ2v) is 18.1. The summed E-state index contributed by atoms with van der Waals surface area (Å²) in [6, 6.07) is 8.61. The normalized spacial score (nSPS) is 31.4. The van der Waals surface area contributed by atoms with Gasteiger partial charge in [0.05, 0.1) is 31.5 Å². The fraction of sp³-hybridized carbons (Fsp3) is 0.577. The van der Waals surface area contributed by atoms with Crippen molar-refractivity contribution in [2.24, 2.45) is 0 Å². The largest absolute Gasteiger partial charge is 0.508 e. The van der Waals surface area contributed by atoms with Crippen LogP contribution in [0, 0.1) is 0 Å². The molecule has 0 aromatic heterocycles. The molecule has 0 spiro atoms. The number of unbranched alkanes of at least 4 members (excludes halogenated alkanes) is 4. The van der Waals surface area contributed by atoms with Crippen LogP contribution in [0.25, 0.3) is 0 Å². The molecule has 3 fully saturated rings. The maximum Gasteiger partial charge on any atom is 0.338 e. The molecule has 3 saturated heterocycles.